The van der Waals surface area contributed by atoms with Crippen molar-refractivity contribution in [2.45, 2.75) is 19.9 Å². The van der Waals surface area contributed by atoms with Crippen LogP contribution >= 0.6 is 0 Å². The van der Waals surface area contributed by atoms with Crippen LogP contribution in [0.1, 0.15) is 34.6 Å². The highest BCUT2D eigenvalue weighted by molar-refractivity contribution is 5.99. The summed E-state index contributed by atoms with van der Waals surface area (Å²) >= 11 is 0. The molecule has 0 aliphatic carbocycles. The highest BCUT2D eigenvalue weighted by Gasteiger charge is 2.25. The van der Waals surface area contributed by atoms with E-state index in [1.165, 1.54) is 6.33 Å². The Morgan fingerprint density at radius 2 is 1.97 bits per heavy atom. The van der Waals surface area contributed by atoms with E-state index in [2.05, 4.69) is 10.1 Å². The van der Waals surface area contributed by atoms with Crippen LogP contribution in [-0.4, -0.2) is 39.7 Å². The average molecular weight is 390 g/mol. The van der Waals surface area contributed by atoms with Crippen molar-refractivity contribution in [3.05, 3.63) is 72.0 Å². The number of fused-ring (bicyclic) bond motifs is 1. The van der Waals surface area contributed by atoms with E-state index in [4.69, 9.17) is 9.15 Å². The van der Waals surface area contributed by atoms with Gasteiger partial charge in [-0.3, -0.25) is 4.79 Å². The maximum absolute atomic E-state index is 13.1. The number of hydrogen-bond donors (Lipinski definition) is 0. The van der Waals surface area contributed by atoms with Crippen LogP contribution in [0.5, 0.6) is 5.75 Å². The Hall–Kier alpha value is -3.61. The third-order valence-corrected chi connectivity index (χ3v) is 5.30. The van der Waals surface area contributed by atoms with Gasteiger partial charge in [-0.25, -0.2) is 9.67 Å². The number of methoxy groups -OCH3 is 1. The van der Waals surface area contributed by atoms with Crippen LogP contribution in [0, 0.1) is 6.92 Å². The molecule has 4 rings (SSSR count). The molecule has 1 amide bonds. The van der Waals surface area contributed by atoms with Crippen LogP contribution in [0.3, 0.4) is 0 Å². The van der Waals surface area contributed by atoms with Crippen molar-refractivity contribution >= 4 is 16.9 Å². The molecule has 0 N–H and O–H groups in total. The molecule has 0 aliphatic rings. The standard InChI is InChI=1S/C22H22N4O3/c1-14-19-11-18(28-4)9-10-20(19)29-21(14)22(27)25(3)15(2)16-5-7-17(8-6-16)26-13-23-12-24-26/h5-13,15H,1-4H3/t15-/m1/s1. The number of hydrogen-bond acceptors (Lipinski definition) is 5. The van der Waals surface area contributed by atoms with Gasteiger partial charge in [-0.2, -0.15) is 5.10 Å². The predicted molar refractivity (Wildman–Crippen MR) is 109 cm³/mol. The minimum atomic E-state index is -0.162. The van der Waals surface area contributed by atoms with Crippen molar-refractivity contribution in [3.8, 4) is 11.4 Å². The molecule has 0 aliphatic heterocycles. The van der Waals surface area contributed by atoms with Crippen molar-refractivity contribution < 1.29 is 13.9 Å². The number of aryl methyl sites for hydroxylation is 1. The molecule has 2 aromatic heterocycles. The SMILES string of the molecule is COc1ccc2oc(C(=O)N(C)[C@H](C)c3ccc(-n4cncn4)cc3)c(C)c2c1. The zero-order valence-corrected chi connectivity index (χ0v) is 16.8. The molecule has 0 spiro atoms. The highest BCUT2D eigenvalue weighted by Crippen LogP contribution is 2.31. The smallest absolute Gasteiger partial charge is 0.290 e. The van der Waals surface area contributed by atoms with Crippen molar-refractivity contribution in [1.29, 1.82) is 0 Å². The van der Waals surface area contributed by atoms with Gasteiger partial charge in [-0.15, -0.1) is 0 Å². The van der Waals surface area contributed by atoms with Crippen LogP contribution in [0.2, 0.25) is 0 Å². The minimum Gasteiger partial charge on any atom is -0.497 e. The fourth-order valence-corrected chi connectivity index (χ4v) is 3.34. The predicted octanol–water partition coefficient (Wildman–Crippen LogP) is 4.16. The summed E-state index contributed by atoms with van der Waals surface area (Å²) in [5, 5.41) is 5.01. The number of benzene rings is 2. The molecule has 2 aromatic carbocycles. The van der Waals surface area contributed by atoms with E-state index in [-0.39, 0.29) is 11.9 Å². The first-order valence-corrected chi connectivity index (χ1v) is 9.29. The molecule has 0 fully saturated rings. The van der Waals surface area contributed by atoms with Gasteiger partial charge in [-0.1, -0.05) is 12.1 Å². The Bertz CT molecular complexity index is 1150. The minimum absolute atomic E-state index is 0.130. The largest absolute Gasteiger partial charge is 0.497 e. The molecule has 0 unspecified atom stereocenters. The molecule has 148 valence electrons. The second-order valence-electron chi connectivity index (χ2n) is 6.94. The first kappa shape index (κ1) is 18.7. The summed E-state index contributed by atoms with van der Waals surface area (Å²) in [6.07, 6.45) is 3.14. The van der Waals surface area contributed by atoms with Gasteiger partial charge < -0.3 is 14.1 Å². The number of aromatic nitrogens is 3. The van der Waals surface area contributed by atoms with Crippen LogP contribution < -0.4 is 4.74 Å². The van der Waals surface area contributed by atoms with Crippen LogP contribution in [-0.2, 0) is 0 Å². The third kappa shape index (κ3) is 3.35. The summed E-state index contributed by atoms with van der Waals surface area (Å²) < 4.78 is 12.8. The molecule has 29 heavy (non-hydrogen) atoms. The number of furan rings is 1. The van der Waals surface area contributed by atoms with Gasteiger partial charge in [0.05, 0.1) is 18.8 Å². The van der Waals surface area contributed by atoms with E-state index in [9.17, 15) is 4.79 Å². The number of rotatable bonds is 5. The maximum Gasteiger partial charge on any atom is 0.290 e. The second kappa shape index (κ2) is 7.43. The molecule has 0 radical (unpaired) electrons. The first-order valence-electron chi connectivity index (χ1n) is 9.29. The number of carbonyl (C=O) groups is 1. The molecule has 0 saturated carbocycles. The van der Waals surface area contributed by atoms with Gasteiger partial charge in [0, 0.05) is 18.0 Å². The zero-order valence-electron chi connectivity index (χ0n) is 16.8. The molecular formula is C22H22N4O3. The summed E-state index contributed by atoms with van der Waals surface area (Å²) in [6, 6.07) is 13.3. The van der Waals surface area contributed by atoms with Crippen molar-refractivity contribution in [2.24, 2.45) is 0 Å². The van der Waals surface area contributed by atoms with Crippen LogP contribution in [0.15, 0.2) is 59.5 Å². The van der Waals surface area contributed by atoms with Gasteiger partial charge in [0.15, 0.2) is 5.76 Å². The third-order valence-electron chi connectivity index (χ3n) is 5.30. The molecule has 7 nitrogen and oxygen atoms in total. The van der Waals surface area contributed by atoms with Gasteiger partial charge >= 0.3 is 0 Å². The Kier molecular flexibility index (Phi) is 4.80. The lowest BCUT2D eigenvalue weighted by atomic mass is 10.1. The van der Waals surface area contributed by atoms with E-state index < -0.39 is 0 Å². The normalized spacial score (nSPS) is 12.1. The van der Waals surface area contributed by atoms with Gasteiger partial charge in [-0.05, 0) is 49.7 Å². The molecule has 4 aromatic rings. The van der Waals surface area contributed by atoms with Gasteiger partial charge in [0.2, 0.25) is 0 Å². The molecular weight excluding hydrogens is 368 g/mol. The first-order chi connectivity index (χ1) is 14.0. The Balaban J connectivity index is 1.58. The second-order valence-corrected chi connectivity index (χ2v) is 6.94. The van der Waals surface area contributed by atoms with E-state index in [0.717, 1.165) is 28.0 Å². The Labute approximate surface area is 168 Å². The summed E-state index contributed by atoms with van der Waals surface area (Å²) in [6.45, 7) is 3.88. The number of amides is 1. The van der Waals surface area contributed by atoms with Gasteiger partial charge in [0.25, 0.3) is 5.91 Å². The highest BCUT2D eigenvalue weighted by atomic mass is 16.5. The van der Waals surface area contributed by atoms with Gasteiger partial charge in [0.1, 0.15) is 24.0 Å². The lowest BCUT2D eigenvalue weighted by Crippen LogP contribution is -2.29. The summed E-state index contributed by atoms with van der Waals surface area (Å²) in [5.41, 5.74) is 3.41. The van der Waals surface area contributed by atoms with Crippen molar-refractivity contribution in [2.75, 3.05) is 14.2 Å². The number of ether oxygens (including phenoxy) is 1. The zero-order chi connectivity index (χ0) is 20.5. The van der Waals surface area contributed by atoms with Crippen molar-refractivity contribution in [1.82, 2.24) is 19.7 Å². The number of nitrogens with zero attached hydrogens (tertiary/aromatic N) is 4. The Morgan fingerprint density at radius 1 is 1.21 bits per heavy atom. The van der Waals surface area contributed by atoms with Crippen LogP contribution in [0.25, 0.3) is 16.7 Å². The fourth-order valence-electron chi connectivity index (χ4n) is 3.34. The van der Waals surface area contributed by atoms with E-state index >= 15 is 0 Å². The monoisotopic (exact) mass is 390 g/mol. The van der Waals surface area contributed by atoms with E-state index in [0.29, 0.717) is 11.3 Å². The van der Waals surface area contributed by atoms with Crippen molar-refractivity contribution in [3.63, 3.8) is 0 Å². The van der Waals surface area contributed by atoms with Crippen LogP contribution in [0.4, 0.5) is 0 Å². The maximum atomic E-state index is 13.1. The molecule has 7 heteroatoms. The molecule has 0 bridgehead atoms. The quantitative estimate of drug-likeness (QED) is 0.511. The lowest BCUT2D eigenvalue weighted by Gasteiger charge is -2.25. The average Bonchev–Trinajstić information content (AvgIpc) is 3.40. The summed E-state index contributed by atoms with van der Waals surface area (Å²) in [7, 11) is 3.40. The Morgan fingerprint density at radius 3 is 2.62 bits per heavy atom. The fraction of sp³-hybridized carbons (Fsp3) is 0.227. The summed E-state index contributed by atoms with van der Waals surface area (Å²) in [5.74, 6) is 0.918. The topological polar surface area (TPSA) is 73.4 Å². The van der Waals surface area contributed by atoms with E-state index in [1.54, 1.807) is 30.1 Å². The lowest BCUT2D eigenvalue weighted by molar-refractivity contribution is 0.0712. The summed E-state index contributed by atoms with van der Waals surface area (Å²) in [4.78, 5) is 18.8. The number of carbonyl (C=O) groups excluding carboxylic acids is 1. The molecule has 2 heterocycles. The van der Waals surface area contributed by atoms with E-state index in [1.807, 2.05) is 56.3 Å². The molecule has 1 atom stereocenters. The molecule has 0 saturated heterocycles.